The average molecular weight is 477 g/mol. The molecule has 168 valence electrons. The summed E-state index contributed by atoms with van der Waals surface area (Å²) in [5, 5.41) is 4.13. The van der Waals surface area contributed by atoms with Crippen molar-refractivity contribution in [2.45, 2.75) is 32.8 Å². The van der Waals surface area contributed by atoms with Gasteiger partial charge in [-0.15, -0.1) is 0 Å². The summed E-state index contributed by atoms with van der Waals surface area (Å²) in [5.41, 5.74) is 3.99. The molecule has 4 nitrogen and oxygen atoms in total. The van der Waals surface area contributed by atoms with Crippen LogP contribution in [0.3, 0.4) is 0 Å². The predicted octanol–water partition coefficient (Wildman–Crippen LogP) is 7.15. The first-order chi connectivity index (χ1) is 16.1. The molecule has 3 aromatic rings. The minimum Gasteiger partial charge on any atom is -0.488 e. The van der Waals surface area contributed by atoms with E-state index in [9.17, 15) is 4.79 Å². The third kappa shape index (κ3) is 6.50. The summed E-state index contributed by atoms with van der Waals surface area (Å²) in [7, 11) is 0. The number of amides is 1. The number of carbonyl (C=O) groups excluding carboxylic acids is 1. The fourth-order valence-corrected chi connectivity index (χ4v) is 4.29. The van der Waals surface area contributed by atoms with Gasteiger partial charge in [0.2, 0.25) is 0 Å². The summed E-state index contributed by atoms with van der Waals surface area (Å²) >= 11 is 7.28. The Balaban J connectivity index is 1.45. The van der Waals surface area contributed by atoms with Crippen molar-refractivity contribution in [1.82, 2.24) is 5.32 Å². The Kier molecular flexibility index (Phi) is 7.87. The second-order valence-electron chi connectivity index (χ2n) is 7.70. The van der Waals surface area contributed by atoms with Crippen LogP contribution < -0.4 is 10.1 Å². The lowest BCUT2D eigenvalue weighted by atomic mass is 10.1. The Hall–Kier alpha value is -3.02. The van der Waals surface area contributed by atoms with Crippen LogP contribution >= 0.6 is 23.4 Å². The summed E-state index contributed by atoms with van der Waals surface area (Å²) in [6, 6.07) is 23.4. The van der Waals surface area contributed by atoms with Gasteiger partial charge in [-0.25, -0.2) is 4.99 Å². The molecule has 1 aliphatic heterocycles. The largest absolute Gasteiger partial charge is 0.488 e. The van der Waals surface area contributed by atoms with Gasteiger partial charge in [0.05, 0.1) is 10.6 Å². The molecule has 0 spiro atoms. The van der Waals surface area contributed by atoms with Gasteiger partial charge in [0.25, 0.3) is 5.91 Å². The molecule has 0 radical (unpaired) electrons. The van der Waals surface area contributed by atoms with E-state index in [-0.39, 0.29) is 5.91 Å². The topological polar surface area (TPSA) is 50.7 Å². The molecule has 0 saturated carbocycles. The number of thioether (sulfide) groups is 1. The lowest BCUT2D eigenvalue weighted by Gasteiger charge is -2.09. The Labute approximate surface area is 203 Å². The van der Waals surface area contributed by atoms with E-state index in [1.807, 2.05) is 66.7 Å². The summed E-state index contributed by atoms with van der Waals surface area (Å²) in [6.45, 7) is 2.60. The number of hydrogen-bond acceptors (Lipinski definition) is 4. The van der Waals surface area contributed by atoms with Crippen molar-refractivity contribution < 1.29 is 9.53 Å². The lowest BCUT2D eigenvalue weighted by Crippen LogP contribution is -2.19. The average Bonchev–Trinajstić information content (AvgIpc) is 3.17. The van der Waals surface area contributed by atoms with Crippen LogP contribution in [0.25, 0.3) is 6.08 Å². The first kappa shape index (κ1) is 23.1. The number of para-hydroxylation sites is 1. The molecule has 0 bridgehead atoms. The molecule has 4 rings (SSSR count). The molecule has 0 aromatic heterocycles. The van der Waals surface area contributed by atoms with E-state index >= 15 is 0 Å². The van der Waals surface area contributed by atoms with E-state index in [1.54, 1.807) is 0 Å². The van der Waals surface area contributed by atoms with Crippen LogP contribution in [0.15, 0.2) is 82.7 Å². The van der Waals surface area contributed by atoms with Crippen LogP contribution in [0.5, 0.6) is 5.75 Å². The lowest BCUT2D eigenvalue weighted by molar-refractivity contribution is -0.115. The monoisotopic (exact) mass is 476 g/mol. The quantitative estimate of drug-likeness (QED) is 0.351. The molecule has 1 aliphatic rings. The molecule has 0 atom stereocenters. The summed E-state index contributed by atoms with van der Waals surface area (Å²) in [6.07, 6.45) is 5.27. The third-order valence-corrected chi connectivity index (χ3v) is 6.31. The molecule has 1 saturated heterocycles. The molecule has 6 heteroatoms. The van der Waals surface area contributed by atoms with Crippen molar-refractivity contribution in [3.63, 3.8) is 0 Å². The van der Waals surface area contributed by atoms with Gasteiger partial charge in [0.1, 0.15) is 12.4 Å². The highest BCUT2D eigenvalue weighted by Gasteiger charge is 2.24. The van der Waals surface area contributed by atoms with Crippen molar-refractivity contribution in [3.8, 4) is 5.75 Å². The van der Waals surface area contributed by atoms with Gasteiger partial charge in [0, 0.05) is 10.6 Å². The van der Waals surface area contributed by atoms with Crippen molar-refractivity contribution in [2.75, 3.05) is 0 Å². The number of nitrogens with zero attached hydrogens (tertiary/aromatic N) is 1. The Morgan fingerprint density at radius 3 is 2.48 bits per heavy atom. The molecule has 1 N–H and O–H groups in total. The predicted molar refractivity (Wildman–Crippen MR) is 138 cm³/mol. The van der Waals surface area contributed by atoms with E-state index in [4.69, 9.17) is 16.3 Å². The Bertz CT molecular complexity index is 1170. The summed E-state index contributed by atoms with van der Waals surface area (Å²) in [5.74, 6) is 0.548. The van der Waals surface area contributed by atoms with Gasteiger partial charge < -0.3 is 10.1 Å². The van der Waals surface area contributed by atoms with Crippen LogP contribution in [0.2, 0.25) is 5.02 Å². The van der Waals surface area contributed by atoms with Gasteiger partial charge in [-0.05, 0) is 72.1 Å². The first-order valence-electron chi connectivity index (χ1n) is 11.0. The molecule has 0 aliphatic carbocycles. The third-order valence-electron chi connectivity index (χ3n) is 5.15. The zero-order valence-electron chi connectivity index (χ0n) is 18.4. The zero-order chi connectivity index (χ0) is 23.0. The number of amidine groups is 1. The minimum absolute atomic E-state index is 0.161. The molecule has 3 aromatic carbocycles. The molecule has 33 heavy (non-hydrogen) atoms. The smallest absolute Gasteiger partial charge is 0.264 e. The molecule has 1 fully saturated rings. The summed E-state index contributed by atoms with van der Waals surface area (Å²) < 4.78 is 6.01. The van der Waals surface area contributed by atoms with E-state index in [2.05, 4.69) is 29.4 Å². The molecular weight excluding hydrogens is 452 g/mol. The fraction of sp³-hybridized carbons (Fsp3) is 0.185. The number of benzene rings is 3. The van der Waals surface area contributed by atoms with Gasteiger partial charge in [-0.3, -0.25) is 4.79 Å². The van der Waals surface area contributed by atoms with Gasteiger partial charge >= 0.3 is 0 Å². The number of halogens is 1. The maximum Gasteiger partial charge on any atom is 0.264 e. The van der Waals surface area contributed by atoms with Crippen molar-refractivity contribution >= 4 is 46.2 Å². The van der Waals surface area contributed by atoms with Gasteiger partial charge in [0.15, 0.2) is 5.17 Å². The van der Waals surface area contributed by atoms with Crippen LogP contribution in [0.4, 0.5) is 5.69 Å². The molecule has 1 amide bonds. The second-order valence-corrected chi connectivity index (χ2v) is 9.17. The Morgan fingerprint density at radius 2 is 1.73 bits per heavy atom. The molecule has 0 unspecified atom stereocenters. The number of ether oxygens (including phenoxy) is 1. The van der Waals surface area contributed by atoms with Gasteiger partial charge in [-0.2, -0.15) is 0 Å². The highest BCUT2D eigenvalue weighted by molar-refractivity contribution is 8.18. The highest BCUT2D eigenvalue weighted by Crippen LogP contribution is 2.31. The van der Waals surface area contributed by atoms with Crippen LogP contribution in [0, 0.1) is 0 Å². The first-order valence-corrected chi connectivity index (χ1v) is 12.1. The number of rotatable bonds is 8. The highest BCUT2D eigenvalue weighted by atomic mass is 35.5. The number of carbonyl (C=O) groups is 1. The number of aliphatic imine (C=N–C) groups is 1. The van der Waals surface area contributed by atoms with Crippen LogP contribution in [-0.2, 0) is 17.8 Å². The van der Waals surface area contributed by atoms with Crippen molar-refractivity contribution in [1.29, 1.82) is 0 Å². The van der Waals surface area contributed by atoms with Crippen molar-refractivity contribution in [2.24, 2.45) is 4.99 Å². The SMILES string of the molecule is CCCCc1ccc(N=C2NC(=O)C(=Cc3ccccc3OCc3ccc(Cl)cc3)S2)cc1. The minimum atomic E-state index is -0.161. The molecule has 1 heterocycles. The summed E-state index contributed by atoms with van der Waals surface area (Å²) in [4.78, 5) is 17.7. The Morgan fingerprint density at radius 1 is 1.00 bits per heavy atom. The van der Waals surface area contributed by atoms with Gasteiger partial charge in [-0.1, -0.05) is 67.4 Å². The number of unbranched alkanes of at least 4 members (excludes halogenated alkanes) is 1. The van der Waals surface area contributed by atoms with Crippen LogP contribution in [0.1, 0.15) is 36.5 Å². The maximum absolute atomic E-state index is 12.5. The van der Waals surface area contributed by atoms with E-state index < -0.39 is 0 Å². The van der Waals surface area contributed by atoms with E-state index in [1.165, 1.54) is 30.2 Å². The number of aryl methyl sites for hydroxylation is 1. The fourth-order valence-electron chi connectivity index (χ4n) is 3.33. The maximum atomic E-state index is 12.5. The molecular formula is C27H25ClN2O2S. The normalized spacial score (nSPS) is 15.8. The van der Waals surface area contributed by atoms with E-state index in [0.29, 0.717) is 27.5 Å². The number of nitrogens with one attached hydrogen (secondary N) is 1. The zero-order valence-corrected chi connectivity index (χ0v) is 20.0. The van der Waals surface area contributed by atoms with Crippen LogP contribution in [-0.4, -0.2) is 11.1 Å². The van der Waals surface area contributed by atoms with Crippen molar-refractivity contribution in [3.05, 3.63) is 99.4 Å². The van der Waals surface area contributed by atoms with E-state index in [0.717, 1.165) is 23.2 Å². The number of hydrogen-bond donors (Lipinski definition) is 1. The second kappa shape index (κ2) is 11.2. The standard InChI is InChI=1S/C27H25ClN2O2S/c1-2-3-6-19-11-15-23(16-12-19)29-27-30-26(31)25(33-27)17-21-7-4-5-8-24(21)32-18-20-9-13-22(28)14-10-20/h4-5,7-17H,2-3,6,18H2,1H3,(H,29,30,31).